The second-order valence-electron chi connectivity index (χ2n) is 5.64. The lowest BCUT2D eigenvalue weighted by molar-refractivity contribution is -0.125. The molecule has 0 atom stereocenters. The van der Waals surface area contributed by atoms with Gasteiger partial charge >= 0.3 is 0 Å². The molecule has 2 nitrogen and oxygen atoms in total. The fourth-order valence-electron chi connectivity index (χ4n) is 1.42. The van der Waals surface area contributed by atoms with Gasteiger partial charge in [0.05, 0.1) is 17.3 Å². The summed E-state index contributed by atoms with van der Waals surface area (Å²) in [5.41, 5.74) is -0.186. The maximum atomic E-state index is 5.93. The van der Waals surface area contributed by atoms with E-state index in [0.717, 1.165) is 13.0 Å². The van der Waals surface area contributed by atoms with E-state index in [9.17, 15) is 0 Å². The quantitative estimate of drug-likeness (QED) is 0.680. The summed E-state index contributed by atoms with van der Waals surface area (Å²) in [6, 6.07) is 0. The fourth-order valence-corrected chi connectivity index (χ4v) is 1.42. The van der Waals surface area contributed by atoms with Gasteiger partial charge in [-0.05, 0) is 54.9 Å². The molecular weight excluding hydrogens is 176 g/mol. The van der Waals surface area contributed by atoms with Crippen LogP contribution in [0.4, 0.5) is 0 Å². The molecule has 0 aliphatic rings. The van der Waals surface area contributed by atoms with Crippen molar-refractivity contribution in [3.8, 4) is 0 Å². The molecule has 0 bridgehead atoms. The SMILES string of the molecule is CC(C)OCCC(C)(C)OC(C)(C)C. The van der Waals surface area contributed by atoms with Gasteiger partial charge in [0.15, 0.2) is 0 Å². The zero-order chi connectivity index (χ0) is 11.4. The first-order valence-corrected chi connectivity index (χ1v) is 5.44. The summed E-state index contributed by atoms with van der Waals surface area (Å²) >= 11 is 0. The van der Waals surface area contributed by atoms with E-state index in [4.69, 9.17) is 9.47 Å². The zero-order valence-electron chi connectivity index (χ0n) is 10.8. The minimum Gasteiger partial charge on any atom is -0.379 e. The van der Waals surface area contributed by atoms with Gasteiger partial charge in [0.1, 0.15) is 0 Å². The fraction of sp³-hybridized carbons (Fsp3) is 1.00. The van der Waals surface area contributed by atoms with E-state index in [1.54, 1.807) is 0 Å². The number of hydrogen-bond acceptors (Lipinski definition) is 2. The van der Waals surface area contributed by atoms with Gasteiger partial charge in [-0.1, -0.05) is 0 Å². The maximum absolute atomic E-state index is 5.93. The highest BCUT2D eigenvalue weighted by Crippen LogP contribution is 2.22. The van der Waals surface area contributed by atoms with Crippen LogP contribution in [0, 0.1) is 0 Å². The van der Waals surface area contributed by atoms with Gasteiger partial charge in [0.2, 0.25) is 0 Å². The molecule has 0 aromatic rings. The third-order valence-corrected chi connectivity index (χ3v) is 1.74. The minimum atomic E-state index is -0.104. The van der Waals surface area contributed by atoms with Gasteiger partial charge in [-0.25, -0.2) is 0 Å². The molecular formula is C12H26O2. The molecule has 0 rings (SSSR count). The Morgan fingerprint density at radius 2 is 1.50 bits per heavy atom. The Morgan fingerprint density at radius 3 is 1.86 bits per heavy atom. The highest BCUT2D eigenvalue weighted by Gasteiger charge is 2.25. The van der Waals surface area contributed by atoms with Crippen LogP contribution in [0.2, 0.25) is 0 Å². The predicted octanol–water partition coefficient (Wildman–Crippen LogP) is 3.40. The molecule has 2 heteroatoms. The Kier molecular flexibility index (Phi) is 5.10. The molecule has 86 valence electrons. The molecule has 0 unspecified atom stereocenters. The highest BCUT2D eigenvalue weighted by atomic mass is 16.5. The average molecular weight is 202 g/mol. The first-order valence-electron chi connectivity index (χ1n) is 5.44. The van der Waals surface area contributed by atoms with Crippen molar-refractivity contribution in [3.63, 3.8) is 0 Å². The molecule has 0 aliphatic heterocycles. The zero-order valence-corrected chi connectivity index (χ0v) is 10.8. The van der Waals surface area contributed by atoms with Gasteiger partial charge in [0, 0.05) is 6.61 Å². The molecule has 0 saturated carbocycles. The lowest BCUT2D eigenvalue weighted by atomic mass is 10.0. The van der Waals surface area contributed by atoms with Crippen molar-refractivity contribution in [1.29, 1.82) is 0 Å². The van der Waals surface area contributed by atoms with Gasteiger partial charge in [-0.15, -0.1) is 0 Å². The largest absolute Gasteiger partial charge is 0.379 e. The topological polar surface area (TPSA) is 18.5 Å². The Hall–Kier alpha value is -0.0800. The molecule has 0 amide bonds. The molecule has 0 saturated heterocycles. The molecule has 0 spiro atoms. The van der Waals surface area contributed by atoms with E-state index in [0.29, 0.717) is 6.10 Å². The van der Waals surface area contributed by atoms with Crippen LogP contribution in [0.1, 0.15) is 54.9 Å². The lowest BCUT2D eigenvalue weighted by Crippen LogP contribution is -2.36. The summed E-state index contributed by atoms with van der Waals surface area (Å²) in [5, 5.41) is 0. The number of ether oxygens (including phenoxy) is 2. The predicted molar refractivity (Wildman–Crippen MR) is 60.6 cm³/mol. The van der Waals surface area contributed by atoms with E-state index < -0.39 is 0 Å². The summed E-state index contributed by atoms with van der Waals surface area (Å²) in [6.07, 6.45) is 1.24. The first-order chi connectivity index (χ1) is 6.12. The molecule has 0 radical (unpaired) electrons. The van der Waals surface area contributed by atoms with Crippen molar-refractivity contribution in [2.24, 2.45) is 0 Å². The van der Waals surface area contributed by atoms with Crippen molar-refractivity contribution < 1.29 is 9.47 Å². The second-order valence-corrected chi connectivity index (χ2v) is 5.64. The lowest BCUT2D eigenvalue weighted by Gasteiger charge is -2.33. The van der Waals surface area contributed by atoms with Crippen molar-refractivity contribution in [2.45, 2.75) is 72.2 Å². The van der Waals surface area contributed by atoms with Gasteiger partial charge in [-0.3, -0.25) is 0 Å². The molecule has 0 aliphatic carbocycles. The van der Waals surface area contributed by atoms with Crippen LogP contribution in [0.25, 0.3) is 0 Å². The summed E-state index contributed by atoms with van der Waals surface area (Å²) in [6.45, 7) is 15.3. The van der Waals surface area contributed by atoms with Crippen LogP contribution in [0.5, 0.6) is 0 Å². The maximum Gasteiger partial charge on any atom is 0.0655 e. The molecule has 0 heterocycles. The van der Waals surface area contributed by atoms with Crippen LogP contribution in [0.3, 0.4) is 0 Å². The van der Waals surface area contributed by atoms with Crippen LogP contribution in [0.15, 0.2) is 0 Å². The van der Waals surface area contributed by atoms with E-state index >= 15 is 0 Å². The average Bonchev–Trinajstić information content (AvgIpc) is 1.78. The van der Waals surface area contributed by atoms with Crippen LogP contribution >= 0.6 is 0 Å². The first kappa shape index (κ1) is 13.9. The molecule has 0 aromatic carbocycles. The summed E-state index contributed by atoms with van der Waals surface area (Å²) < 4.78 is 11.4. The minimum absolute atomic E-state index is 0.0820. The molecule has 0 fully saturated rings. The number of rotatable bonds is 5. The van der Waals surface area contributed by atoms with Crippen molar-refractivity contribution in [3.05, 3.63) is 0 Å². The molecule has 0 aromatic heterocycles. The monoisotopic (exact) mass is 202 g/mol. The van der Waals surface area contributed by atoms with Crippen molar-refractivity contribution in [1.82, 2.24) is 0 Å². The van der Waals surface area contributed by atoms with E-state index in [1.807, 2.05) is 0 Å². The Labute approximate surface area is 89.0 Å². The van der Waals surface area contributed by atoms with Crippen molar-refractivity contribution in [2.75, 3.05) is 6.61 Å². The Morgan fingerprint density at radius 1 is 1.00 bits per heavy atom. The Balaban J connectivity index is 3.84. The Bertz CT molecular complexity index is 154. The van der Waals surface area contributed by atoms with E-state index in [1.165, 1.54) is 0 Å². The van der Waals surface area contributed by atoms with E-state index in [2.05, 4.69) is 48.5 Å². The standard InChI is InChI=1S/C12H26O2/c1-10(2)13-9-8-12(6,7)14-11(3,4)5/h10H,8-9H2,1-7H3. The van der Waals surface area contributed by atoms with Gasteiger partial charge < -0.3 is 9.47 Å². The van der Waals surface area contributed by atoms with Gasteiger partial charge in [-0.2, -0.15) is 0 Å². The van der Waals surface area contributed by atoms with Crippen LogP contribution in [-0.2, 0) is 9.47 Å². The summed E-state index contributed by atoms with van der Waals surface area (Å²) in [5.74, 6) is 0. The van der Waals surface area contributed by atoms with Crippen LogP contribution < -0.4 is 0 Å². The summed E-state index contributed by atoms with van der Waals surface area (Å²) in [4.78, 5) is 0. The van der Waals surface area contributed by atoms with Gasteiger partial charge in [0.25, 0.3) is 0 Å². The van der Waals surface area contributed by atoms with Crippen molar-refractivity contribution >= 4 is 0 Å². The van der Waals surface area contributed by atoms with Crippen LogP contribution in [-0.4, -0.2) is 23.9 Å². The second kappa shape index (κ2) is 5.13. The smallest absolute Gasteiger partial charge is 0.0655 e. The van der Waals surface area contributed by atoms with E-state index in [-0.39, 0.29) is 11.2 Å². The highest BCUT2D eigenvalue weighted by molar-refractivity contribution is 4.74. The molecule has 0 N–H and O–H groups in total. The third kappa shape index (κ3) is 8.52. The third-order valence-electron chi connectivity index (χ3n) is 1.74. The summed E-state index contributed by atoms with van der Waals surface area (Å²) in [7, 11) is 0. The normalized spacial score (nSPS) is 13.7. The number of hydrogen-bond donors (Lipinski definition) is 0. The molecule has 14 heavy (non-hydrogen) atoms.